The maximum Gasteiger partial charge on any atom is 0.253 e. The van der Waals surface area contributed by atoms with E-state index in [1.165, 1.54) is 34.6 Å². The summed E-state index contributed by atoms with van der Waals surface area (Å²) in [6.45, 7) is 0.655. The van der Waals surface area contributed by atoms with Crippen LogP contribution in [0.25, 0.3) is 5.69 Å². The third-order valence-corrected chi connectivity index (χ3v) is 7.14. The monoisotopic (exact) mass is 442 g/mol. The molecule has 1 saturated heterocycles. The highest BCUT2D eigenvalue weighted by molar-refractivity contribution is 7.89. The van der Waals surface area contributed by atoms with Crippen molar-refractivity contribution < 1.29 is 17.9 Å². The molecule has 4 rings (SSSR count). The number of para-hydroxylation sites is 1. The molecule has 0 aliphatic carbocycles. The number of rotatable bonds is 6. The summed E-state index contributed by atoms with van der Waals surface area (Å²) in [5.41, 5.74) is 1.02. The summed E-state index contributed by atoms with van der Waals surface area (Å²) in [7, 11) is -2.06. The van der Waals surface area contributed by atoms with Crippen molar-refractivity contribution in [1.82, 2.24) is 29.8 Å². The fourth-order valence-corrected chi connectivity index (χ4v) is 5.01. The summed E-state index contributed by atoms with van der Waals surface area (Å²) in [6, 6.07) is 13.2. The summed E-state index contributed by atoms with van der Waals surface area (Å²) in [4.78, 5) is 13.1. The number of methoxy groups -OCH3 is 1. The van der Waals surface area contributed by atoms with E-state index < -0.39 is 10.0 Å². The minimum atomic E-state index is -3.59. The van der Waals surface area contributed by atoms with E-state index in [0.717, 1.165) is 0 Å². The van der Waals surface area contributed by atoms with E-state index in [1.807, 2.05) is 0 Å². The number of sulfonamides is 1. The number of nitrogens with zero attached hydrogens (tertiary/aromatic N) is 5. The molecule has 0 atom stereocenters. The van der Waals surface area contributed by atoms with Gasteiger partial charge in [0.05, 0.1) is 23.3 Å². The Labute approximate surface area is 179 Å². The molecule has 10 nitrogen and oxygen atoms in total. The van der Waals surface area contributed by atoms with Gasteiger partial charge >= 0.3 is 0 Å². The Balaban J connectivity index is 1.40. The van der Waals surface area contributed by atoms with Crippen molar-refractivity contribution >= 4 is 15.9 Å². The van der Waals surface area contributed by atoms with Gasteiger partial charge in [-0.3, -0.25) is 4.79 Å². The summed E-state index contributed by atoms with van der Waals surface area (Å²) in [5.74, 6) is 0.352. The zero-order chi connectivity index (χ0) is 21.8. The molecule has 0 unspecified atom stereocenters. The van der Waals surface area contributed by atoms with E-state index in [-0.39, 0.29) is 16.8 Å². The summed E-state index contributed by atoms with van der Waals surface area (Å²) in [6.07, 6.45) is 2.47. The lowest BCUT2D eigenvalue weighted by Gasteiger charge is -2.31. The number of amides is 1. The van der Waals surface area contributed by atoms with Gasteiger partial charge in [0.1, 0.15) is 12.1 Å². The predicted molar refractivity (Wildman–Crippen MR) is 111 cm³/mol. The normalized spacial score (nSPS) is 15.5. The molecule has 31 heavy (non-hydrogen) atoms. The van der Waals surface area contributed by atoms with Crippen molar-refractivity contribution in [2.24, 2.45) is 0 Å². The molecule has 1 aliphatic heterocycles. The maximum atomic E-state index is 12.9. The van der Waals surface area contributed by atoms with Gasteiger partial charge in [-0.15, -0.1) is 5.10 Å². The number of hydrogen-bond donors (Lipinski definition) is 1. The summed E-state index contributed by atoms with van der Waals surface area (Å²) < 4.78 is 33.7. The standard InChI is InChI=1S/C20H22N6O4S/c1-30-16-6-8-17(9-7-16)31(28,29)25-12-10-15(11-13-25)22-20(27)18-4-2-3-5-19(18)26-14-21-23-24-26/h2-9,14-15H,10-13H2,1H3,(H,22,27). The predicted octanol–water partition coefficient (Wildman–Crippen LogP) is 1.25. The van der Waals surface area contributed by atoms with Crippen molar-refractivity contribution in [1.29, 1.82) is 0 Å². The molecular weight excluding hydrogens is 420 g/mol. The van der Waals surface area contributed by atoms with Crippen LogP contribution in [-0.2, 0) is 10.0 Å². The first kappa shape index (κ1) is 20.9. The molecule has 162 valence electrons. The van der Waals surface area contributed by atoms with Gasteiger partial charge in [-0.05, 0) is 59.7 Å². The topological polar surface area (TPSA) is 119 Å². The number of benzene rings is 2. The Kier molecular flexibility index (Phi) is 5.96. The first-order valence-corrected chi connectivity index (χ1v) is 11.2. The lowest BCUT2D eigenvalue weighted by molar-refractivity contribution is 0.0923. The summed E-state index contributed by atoms with van der Waals surface area (Å²) >= 11 is 0. The molecular formula is C20H22N6O4S. The fraction of sp³-hybridized carbons (Fsp3) is 0.300. The van der Waals surface area contributed by atoms with Crippen molar-refractivity contribution in [3.8, 4) is 11.4 Å². The van der Waals surface area contributed by atoms with E-state index in [0.29, 0.717) is 42.9 Å². The van der Waals surface area contributed by atoms with E-state index in [2.05, 4.69) is 20.8 Å². The molecule has 1 N–H and O–H groups in total. The van der Waals surface area contributed by atoms with Crippen LogP contribution < -0.4 is 10.1 Å². The van der Waals surface area contributed by atoms with Crippen molar-refractivity contribution in [3.63, 3.8) is 0 Å². The van der Waals surface area contributed by atoms with Gasteiger partial charge in [0.25, 0.3) is 5.91 Å². The Morgan fingerprint density at radius 2 is 1.81 bits per heavy atom. The largest absolute Gasteiger partial charge is 0.497 e. The number of carbonyl (C=O) groups is 1. The van der Waals surface area contributed by atoms with Crippen molar-refractivity contribution in [2.75, 3.05) is 20.2 Å². The lowest BCUT2D eigenvalue weighted by atomic mass is 10.1. The molecule has 0 saturated carbocycles. The Morgan fingerprint density at radius 1 is 1.10 bits per heavy atom. The SMILES string of the molecule is COc1ccc(S(=O)(=O)N2CCC(NC(=O)c3ccccc3-n3cnnn3)CC2)cc1. The van der Waals surface area contributed by atoms with E-state index in [1.54, 1.807) is 36.4 Å². The van der Waals surface area contributed by atoms with Crippen LogP contribution in [0.15, 0.2) is 59.8 Å². The second kappa shape index (κ2) is 8.82. The van der Waals surface area contributed by atoms with Crippen LogP contribution in [-0.4, -0.2) is 65.1 Å². The Bertz CT molecular complexity index is 1140. The number of ether oxygens (including phenoxy) is 1. The van der Waals surface area contributed by atoms with Gasteiger partial charge in [0.2, 0.25) is 10.0 Å². The number of hydrogen-bond acceptors (Lipinski definition) is 7. The molecule has 11 heteroatoms. The van der Waals surface area contributed by atoms with E-state index >= 15 is 0 Å². The molecule has 2 aromatic carbocycles. The number of nitrogens with one attached hydrogen (secondary N) is 1. The van der Waals surface area contributed by atoms with Gasteiger partial charge in [-0.1, -0.05) is 12.1 Å². The maximum absolute atomic E-state index is 12.9. The average molecular weight is 443 g/mol. The highest BCUT2D eigenvalue weighted by atomic mass is 32.2. The van der Waals surface area contributed by atoms with Crippen molar-refractivity contribution in [2.45, 2.75) is 23.8 Å². The van der Waals surface area contributed by atoms with Crippen LogP contribution in [0.3, 0.4) is 0 Å². The first-order chi connectivity index (χ1) is 15.0. The zero-order valence-electron chi connectivity index (χ0n) is 16.9. The lowest BCUT2D eigenvalue weighted by Crippen LogP contribution is -2.46. The van der Waals surface area contributed by atoms with Gasteiger partial charge in [-0.25, -0.2) is 8.42 Å². The summed E-state index contributed by atoms with van der Waals surface area (Å²) in [5, 5.41) is 14.1. The molecule has 0 bridgehead atoms. The zero-order valence-corrected chi connectivity index (χ0v) is 17.7. The van der Waals surface area contributed by atoms with Crippen LogP contribution in [0.5, 0.6) is 5.75 Å². The third kappa shape index (κ3) is 4.42. The molecule has 1 amide bonds. The third-order valence-electron chi connectivity index (χ3n) is 5.23. The number of tetrazole rings is 1. The highest BCUT2D eigenvalue weighted by Crippen LogP contribution is 2.23. The minimum Gasteiger partial charge on any atom is -0.497 e. The van der Waals surface area contributed by atoms with E-state index in [4.69, 9.17) is 4.74 Å². The van der Waals surface area contributed by atoms with Crippen LogP contribution in [0.1, 0.15) is 23.2 Å². The minimum absolute atomic E-state index is 0.128. The highest BCUT2D eigenvalue weighted by Gasteiger charge is 2.30. The van der Waals surface area contributed by atoms with Gasteiger partial charge in [0, 0.05) is 19.1 Å². The van der Waals surface area contributed by atoms with Gasteiger partial charge in [-0.2, -0.15) is 8.99 Å². The van der Waals surface area contributed by atoms with Gasteiger partial charge < -0.3 is 10.1 Å². The van der Waals surface area contributed by atoms with Gasteiger partial charge in [0.15, 0.2) is 0 Å². The first-order valence-electron chi connectivity index (χ1n) is 9.76. The molecule has 0 spiro atoms. The molecule has 2 heterocycles. The smallest absolute Gasteiger partial charge is 0.253 e. The number of aromatic nitrogens is 4. The van der Waals surface area contributed by atoms with Crippen LogP contribution in [0.4, 0.5) is 0 Å². The number of piperidine rings is 1. The second-order valence-electron chi connectivity index (χ2n) is 7.10. The fourth-order valence-electron chi connectivity index (χ4n) is 3.54. The van der Waals surface area contributed by atoms with Crippen LogP contribution in [0, 0.1) is 0 Å². The van der Waals surface area contributed by atoms with Crippen molar-refractivity contribution in [3.05, 3.63) is 60.4 Å². The Morgan fingerprint density at radius 3 is 2.45 bits per heavy atom. The van der Waals surface area contributed by atoms with Crippen LogP contribution >= 0.6 is 0 Å². The van der Waals surface area contributed by atoms with E-state index in [9.17, 15) is 13.2 Å². The Hall–Kier alpha value is -3.31. The molecule has 0 radical (unpaired) electrons. The quantitative estimate of drug-likeness (QED) is 0.610. The molecule has 1 fully saturated rings. The molecule has 3 aromatic rings. The average Bonchev–Trinajstić information content (AvgIpc) is 3.34. The van der Waals surface area contributed by atoms with Crippen LogP contribution in [0.2, 0.25) is 0 Å². The molecule has 1 aliphatic rings. The molecule has 1 aromatic heterocycles. The second-order valence-corrected chi connectivity index (χ2v) is 9.04. The number of carbonyl (C=O) groups excluding carboxylic acids is 1.